The molecule has 0 atom stereocenters. The van der Waals surface area contributed by atoms with Gasteiger partial charge in [0.2, 0.25) is 0 Å². The van der Waals surface area contributed by atoms with Crippen LogP contribution in [-0.4, -0.2) is 31.2 Å². The van der Waals surface area contributed by atoms with Crippen molar-refractivity contribution in [3.63, 3.8) is 0 Å². The number of benzene rings is 2. The number of nitrogens with one attached hydrogen (secondary N) is 2. The van der Waals surface area contributed by atoms with Crippen LogP contribution in [0, 0.1) is 0 Å². The van der Waals surface area contributed by atoms with Gasteiger partial charge in [-0.3, -0.25) is 4.99 Å². The number of alkyl halides is 2. The summed E-state index contributed by atoms with van der Waals surface area (Å²) in [5.41, 5.74) is 2.49. The summed E-state index contributed by atoms with van der Waals surface area (Å²) in [6, 6.07) is 15.0. The highest BCUT2D eigenvalue weighted by Crippen LogP contribution is 2.32. The monoisotopic (exact) mass is 574 g/mol. The van der Waals surface area contributed by atoms with Crippen molar-refractivity contribution in [1.82, 2.24) is 15.6 Å². The summed E-state index contributed by atoms with van der Waals surface area (Å²) in [5, 5.41) is 9.23. The highest BCUT2D eigenvalue weighted by Gasteiger charge is 2.16. The van der Waals surface area contributed by atoms with Crippen LogP contribution in [0.3, 0.4) is 0 Å². The van der Waals surface area contributed by atoms with Gasteiger partial charge in [-0.05, 0) is 13.0 Å². The van der Waals surface area contributed by atoms with E-state index in [1.54, 1.807) is 43.5 Å². The molecule has 2 N–H and O–H groups in total. The molecule has 0 bridgehead atoms. The second-order valence-electron chi connectivity index (χ2n) is 6.35. The number of nitrogens with zero attached hydrogens (tertiary/aromatic N) is 2. The zero-order chi connectivity index (χ0) is 22.1. The van der Waals surface area contributed by atoms with E-state index in [2.05, 4.69) is 20.6 Å². The van der Waals surface area contributed by atoms with Gasteiger partial charge in [-0.15, -0.1) is 35.3 Å². The van der Waals surface area contributed by atoms with Gasteiger partial charge in [0, 0.05) is 30.1 Å². The maximum atomic E-state index is 12.9. The number of guanidine groups is 1. The van der Waals surface area contributed by atoms with Crippen LogP contribution in [0.4, 0.5) is 8.78 Å². The highest BCUT2D eigenvalue weighted by molar-refractivity contribution is 14.0. The average molecular weight is 574 g/mol. The van der Waals surface area contributed by atoms with E-state index in [0.29, 0.717) is 24.7 Å². The van der Waals surface area contributed by atoms with Gasteiger partial charge in [0.15, 0.2) is 17.5 Å². The number of thiazole rings is 1. The minimum atomic E-state index is -2.94. The largest absolute Gasteiger partial charge is 0.490 e. The number of halogens is 3. The molecule has 2 aromatic carbocycles. The molecule has 172 valence electrons. The van der Waals surface area contributed by atoms with Crippen molar-refractivity contribution in [2.75, 3.05) is 13.7 Å². The lowest BCUT2D eigenvalue weighted by molar-refractivity contribution is -0.0520. The van der Waals surface area contributed by atoms with Gasteiger partial charge >= 0.3 is 6.61 Å². The second kappa shape index (κ2) is 13.2. The van der Waals surface area contributed by atoms with Crippen LogP contribution in [0.25, 0.3) is 10.6 Å². The van der Waals surface area contributed by atoms with Crippen molar-refractivity contribution < 1.29 is 18.3 Å². The Balaban J connectivity index is 0.00000363. The lowest BCUT2D eigenvalue weighted by atomic mass is 10.2. The third-order valence-corrected chi connectivity index (χ3v) is 5.19. The predicted octanol–water partition coefficient (Wildman–Crippen LogP) is 5.29. The first-order valence-electron chi connectivity index (χ1n) is 9.74. The number of hydrogen-bond acceptors (Lipinski definition) is 5. The number of ether oxygens (including phenoxy) is 2. The third kappa shape index (κ3) is 7.30. The molecule has 3 rings (SSSR count). The Morgan fingerprint density at radius 2 is 1.84 bits per heavy atom. The van der Waals surface area contributed by atoms with E-state index in [9.17, 15) is 8.78 Å². The molecular formula is C22H25F2IN4O2S. The molecule has 10 heteroatoms. The molecular weight excluding hydrogens is 549 g/mol. The Labute approximate surface area is 207 Å². The molecule has 32 heavy (non-hydrogen) atoms. The Hall–Kier alpha value is -2.47. The molecule has 0 radical (unpaired) electrons. The summed E-state index contributed by atoms with van der Waals surface area (Å²) < 4.78 is 35.9. The SMILES string of the molecule is CCOc1cccc(CNC(=NC)NCc2csc(-c3ccccc3)n2)c1OC(F)F.I. The Morgan fingerprint density at radius 1 is 1.09 bits per heavy atom. The van der Waals surface area contributed by atoms with Crippen molar-refractivity contribution in [2.24, 2.45) is 4.99 Å². The van der Waals surface area contributed by atoms with Crippen LogP contribution < -0.4 is 20.1 Å². The standard InChI is InChI=1S/C22H24F2N4O2S.HI/c1-3-29-18-11-7-10-16(19(18)30-21(23)24)12-26-22(25-2)27-13-17-14-31-20(28-17)15-8-5-4-6-9-15;/h4-11,14,21H,3,12-13H2,1-2H3,(H2,25,26,27);1H. The van der Waals surface area contributed by atoms with Gasteiger partial charge in [-0.1, -0.05) is 42.5 Å². The molecule has 3 aromatic rings. The van der Waals surface area contributed by atoms with E-state index in [1.165, 1.54) is 0 Å². The molecule has 0 saturated heterocycles. The first-order chi connectivity index (χ1) is 15.1. The quantitative estimate of drug-likeness (QED) is 0.207. The summed E-state index contributed by atoms with van der Waals surface area (Å²) in [7, 11) is 1.64. The maximum absolute atomic E-state index is 12.9. The molecule has 6 nitrogen and oxygen atoms in total. The summed E-state index contributed by atoms with van der Waals surface area (Å²) >= 11 is 1.57. The van der Waals surface area contributed by atoms with Crippen LogP contribution in [0.15, 0.2) is 58.9 Å². The predicted molar refractivity (Wildman–Crippen MR) is 134 cm³/mol. The van der Waals surface area contributed by atoms with Crippen molar-refractivity contribution in [2.45, 2.75) is 26.6 Å². The van der Waals surface area contributed by atoms with E-state index in [1.807, 2.05) is 35.7 Å². The Bertz CT molecular complexity index is 1000. The fourth-order valence-electron chi connectivity index (χ4n) is 2.87. The van der Waals surface area contributed by atoms with Crippen LogP contribution >= 0.6 is 35.3 Å². The number of aliphatic imine (C=N–C) groups is 1. The summed E-state index contributed by atoms with van der Waals surface area (Å²) in [4.78, 5) is 8.82. The molecule has 0 aliphatic carbocycles. The minimum Gasteiger partial charge on any atom is -0.490 e. The van der Waals surface area contributed by atoms with Crippen molar-refractivity contribution in [1.29, 1.82) is 0 Å². The van der Waals surface area contributed by atoms with Gasteiger partial charge in [-0.2, -0.15) is 8.78 Å². The lowest BCUT2D eigenvalue weighted by Crippen LogP contribution is -2.36. The van der Waals surface area contributed by atoms with Crippen LogP contribution in [0.5, 0.6) is 11.5 Å². The normalized spacial score (nSPS) is 11.1. The lowest BCUT2D eigenvalue weighted by Gasteiger charge is -2.17. The molecule has 0 aliphatic heterocycles. The molecule has 1 heterocycles. The average Bonchev–Trinajstić information content (AvgIpc) is 3.25. The fourth-order valence-corrected chi connectivity index (χ4v) is 3.69. The number of rotatable bonds is 9. The van der Waals surface area contributed by atoms with Gasteiger partial charge in [0.1, 0.15) is 5.01 Å². The molecule has 0 spiro atoms. The summed E-state index contributed by atoms with van der Waals surface area (Å²) in [6.45, 7) is -0.110. The molecule has 0 amide bonds. The first kappa shape index (κ1) is 25.8. The topological polar surface area (TPSA) is 67.8 Å². The zero-order valence-electron chi connectivity index (χ0n) is 17.7. The summed E-state index contributed by atoms with van der Waals surface area (Å²) in [6.07, 6.45) is 0. The Morgan fingerprint density at radius 3 is 2.53 bits per heavy atom. The Kier molecular flexibility index (Phi) is 10.6. The number of para-hydroxylation sites is 1. The number of aromatic nitrogens is 1. The van der Waals surface area contributed by atoms with Gasteiger partial charge in [-0.25, -0.2) is 4.98 Å². The maximum Gasteiger partial charge on any atom is 0.387 e. The molecule has 1 aromatic heterocycles. The molecule has 0 fully saturated rings. The van der Waals surface area contributed by atoms with Crippen LogP contribution in [0.2, 0.25) is 0 Å². The van der Waals surface area contributed by atoms with Gasteiger partial charge < -0.3 is 20.1 Å². The third-order valence-electron chi connectivity index (χ3n) is 4.25. The van der Waals surface area contributed by atoms with Crippen molar-refractivity contribution in [3.8, 4) is 22.1 Å². The molecule has 0 saturated carbocycles. The van der Waals surface area contributed by atoms with E-state index < -0.39 is 6.61 Å². The van der Waals surface area contributed by atoms with E-state index in [-0.39, 0.29) is 42.0 Å². The van der Waals surface area contributed by atoms with Crippen LogP contribution in [0.1, 0.15) is 18.2 Å². The molecule has 0 unspecified atom stereocenters. The van der Waals surface area contributed by atoms with Gasteiger partial charge in [0.05, 0.1) is 18.8 Å². The zero-order valence-corrected chi connectivity index (χ0v) is 20.8. The first-order valence-corrected chi connectivity index (χ1v) is 10.6. The fraction of sp³-hybridized carbons (Fsp3) is 0.273. The van der Waals surface area contributed by atoms with E-state index >= 15 is 0 Å². The second-order valence-corrected chi connectivity index (χ2v) is 7.20. The van der Waals surface area contributed by atoms with E-state index in [0.717, 1.165) is 16.3 Å². The molecule has 0 aliphatic rings. The highest BCUT2D eigenvalue weighted by atomic mass is 127. The van der Waals surface area contributed by atoms with Crippen LogP contribution in [-0.2, 0) is 13.1 Å². The summed E-state index contributed by atoms with van der Waals surface area (Å²) in [5.74, 6) is 0.814. The van der Waals surface area contributed by atoms with Gasteiger partial charge in [0.25, 0.3) is 0 Å². The smallest absolute Gasteiger partial charge is 0.387 e. The number of hydrogen-bond donors (Lipinski definition) is 2. The van der Waals surface area contributed by atoms with Crippen molar-refractivity contribution >= 4 is 41.3 Å². The van der Waals surface area contributed by atoms with Crippen molar-refractivity contribution in [3.05, 3.63) is 65.2 Å². The van der Waals surface area contributed by atoms with E-state index in [4.69, 9.17) is 9.47 Å². The minimum absolute atomic E-state index is 0.